The molecule has 2 aromatic heterocycles. The number of aromatic nitrogens is 3. The molecule has 6 nitrogen and oxygen atoms in total. The van der Waals surface area contributed by atoms with E-state index in [1.165, 1.54) is 11.1 Å². The van der Waals surface area contributed by atoms with Crippen molar-refractivity contribution < 1.29 is 4.79 Å². The largest absolute Gasteiger partial charge is 0.335 e. The number of para-hydroxylation sites is 1. The lowest BCUT2D eigenvalue weighted by Crippen LogP contribution is -2.41. The zero-order valence-corrected chi connectivity index (χ0v) is 12.5. The molecule has 0 aliphatic heterocycles. The number of rotatable bonds is 2. The number of pyridine rings is 1. The molecule has 6 heteroatoms. The van der Waals surface area contributed by atoms with Crippen molar-refractivity contribution in [2.75, 3.05) is 5.32 Å². The molecule has 0 saturated heterocycles. The first kappa shape index (κ1) is 13.8. The van der Waals surface area contributed by atoms with E-state index in [2.05, 4.69) is 25.8 Å². The zero-order chi connectivity index (χ0) is 15.6. The maximum Gasteiger partial charge on any atom is 0.319 e. The van der Waals surface area contributed by atoms with Gasteiger partial charge in [-0.15, -0.1) is 0 Å². The Bertz CT molecular complexity index is 843. The van der Waals surface area contributed by atoms with Crippen molar-refractivity contribution in [3.63, 3.8) is 0 Å². The van der Waals surface area contributed by atoms with Crippen LogP contribution >= 0.6 is 0 Å². The van der Waals surface area contributed by atoms with E-state index < -0.39 is 0 Å². The highest BCUT2D eigenvalue weighted by Gasteiger charge is 2.22. The Kier molecular flexibility index (Phi) is 3.42. The molecule has 0 spiro atoms. The van der Waals surface area contributed by atoms with Gasteiger partial charge in [0.1, 0.15) is 0 Å². The molecule has 0 bridgehead atoms. The van der Waals surface area contributed by atoms with E-state index in [1.54, 1.807) is 0 Å². The number of carbonyl (C=O) groups is 1. The second kappa shape index (κ2) is 5.72. The van der Waals surface area contributed by atoms with Gasteiger partial charge in [-0.3, -0.25) is 5.10 Å². The number of anilines is 1. The molecular formula is C17H17N5O. The van der Waals surface area contributed by atoms with Gasteiger partial charge in [0.25, 0.3) is 0 Å². The summed E-state index contributed by atoms with van der Waals surface area (Å²) in [6.07, 6.45) is 6.35. The molecule has 1 atom stereocenters. The van der Waals surface area contributed by atoms with Gasteiger partial charge < -0.3 is 10.6 Å². The molecule has 1 aliphatic carbocycles. The number of benzene rings is 1. The molecule has 1 aromatic carbocycles. The molecule has 0 radical (unpaired) electrons. The van der Waals surface area contributed by atoms with Gasteiger partial charge in [-0.2, -0.15) is 5.10 Å². The molecule has 4 rings (SSSR count). The Morgan fingerprint density at radius 2 is 2.09 bits per heavy atom. The fraction of sp³-hybridized carbons (Fsp3) is 0.235. The van der Waals surface area contributed by atoms with E-state index >= 15 is 0 Å². The SMILES string of the molecule is O=C(Nc1ccccc1)NC1CCc2c(cnc3[nH]ncc23)C1. The van der Waals surface area contributed by atoms with Crippen molar-refractivity contribution >= 4 is 22.8 Å². The molecule has 2 heterocycles. The molecule has 0 fully saturated rings. The van der Waals surface area contributed by atoms with Crippen molar-refractivity contribution in [3.05, 3.63) is 53.9 Å². The summed E-state index contributed by atoms with van der Waals surface area (Å²) in [6.45, 7) is 0. The van der Waals surface area contributed by atoms with Crippen LogP contribution in [0.2, 0.25) is 0 Å². The minimum absolute atomic E-state index is 0.123. The molecule has 23 heavy (non-hydrogen) atoms. The van der Waals surface area contributed by atoms with E-state index in [0.29, 0.717) is 0 Å². The number of urea groups is 1. The van der Waals surface area contributed by atoms with Gasteiger partial charge in [0, 0.05) is 23.3 Å². The minimum atomic E-state index is -0.165. The van der Waals surface area contributed by atoms with Crippen LogP contribution < -0.4 is 10.6 Å². The average Bonchev–Trinajstić information content (AvgIpc) is 3.04. The second-order valence-corrected chi connectivity index (χ2v) is 5.80. The third-order valence-electron chi connectivity index (χ3n) is 4.26. The lowest BCUT2D eigenvalue weighted by molar-refractivity contribution is 0.247. The van der Waals surface area contributed by atoms with Gasteiger partial charge in [0.2, 0.25) is 0 Å². The highest BCUT2D eigenvalue weighted by atomic mass is 16.2. The lowest BCUT2D eigenvalue weighted by Gasteiger charge is -2.25. The van der Waals surface area contributed by atoms with Crippen LogP contribution in [0.25, 0.3) is 11.0 Å². The summed E-state index contributed by atoms with van der Waals surface area (Å²) in [5.74, 6) is 0. The van der Waals surface area contributed by atoms with Crippen molar-refractivity contribution in [1.82, 2.24) is 20.5 Å². The minimum Gasteiger partial charge on any atom is -0.335 e. The molecule has 0 saturated carbocycles. The first-order chi connectivity index (χ1) is 11.3. The van der Waals surface area contributed by atoms with Gasteiger partial charge in [-0.05, 0) is 42.5 Å². The maximum absolute atomic E-state index is 12.1. The molecule has 116 valence electrons. The smallest absolute Gasteiger partial charge is 0.319 e. The standard InChI is InChI=1S/C17H17N5O/c23-17(20-12-4-2-1-3-5-12)21-13-6-7-14-11(8-13)9-18-16-15(14)10-19-22-16/h1-5,9-10,13H,6-8H2,(H,18,19,22)(H2,20,21,23). The predicted molar refractivity (Wildman–Crippen MR) is 88.3 cm³/mol. The lowest BCUT2D eigenvalue weighted by atomic mass is 9.88. The van der Waals surface area contributed by atoms with Crippen molar-refractivity contribution in [1.29, 1.82) is 0 Å². The predicted octanol–water partition coefficient (Wildman–Crippen LogP) is 2.64. The first-order valence-corrected chi connectivity index (χ1v) is 7.72. The van der Waals surface area contributed by atoms with Gasteiger partial charge in [-0.1, -0.05) is 18.2 Å². The number of nitrogens with zero attached hydrogens (tertiary/aromatic N) is 2. The van der Waals surface area contributed by atoms with Crippen LogP contribution in [0, 0.1) is 0 Å². The van der Waals surface area contributed by atoms with Crippen LogP contribution in [-0.4, -0.2) is 27.3 Å². The molecule has 1 aliphatic rings. The van der Waals surface area contributed by atoms with Crippen molar-refractivity contribution in [2.24, 2.45) is 0 Å². The highest BCUT2D eigenvalue weighted by Crippen LogP contribution is 2.26. The molecule has 2 amide bonds. The summed E-state index contributed by atoms with van der Waals surface area (Å²) >= 11 is 0. The number of nitrogens with one attached hydrogen (secondary N) is 3. The fourth-order valence-corrected chi connectivity index (χ4v) is 3.15. The Hall–Kier alpha value is -2.89. The average molecular weight is 307 g/mol. The van der Waals surface area contributed by atoms with Crippen molar-refractivity contribution in [3.8, 4) is 0 Å². The summed E-state index contributed by atoms with van der Waals surface area (Å²) in [6, 6.07) is 9.41. The Balaban J connectivity index is 1.45. The van der Waals surface area contributed by atoms with E-state index in [4.69, 9.17) is 0 Å². The molecule has 3 N–H and O–H groups in total. The summed E-state index contributed by atoms with van der Waals surface area (Å²) in [5, 5.41) is 14.0. The summed E-state index contributed by atoms with van der Waals surface area (Å²) in [7, 11) is 0. The Morgan fingerprint density at radius 1 is 1.22 bits per heavy atom. The topological polar surface area (TPSA) is 82.7 Å². The van der Waals surface area contributed by atoms with E-state index in [1.807, 2.05) is 42.7 Å². The number of carbonyl (C=O) groups excluding carboxylic acids is 1. The molecule has 1 unspecified atom stereocenters. The summed E-state index contributed by atoms with van der Waals surface area (Å²) in [4.78, 5) is 16.5. The van der Waals surface area contributed by atoms with Gasteiger partial charge in [-0.25, -0.2) is 9.78 Å². The number of hydrogen-bond acceptors (Lipinski definition) is 3. The van der Waals surface area contributed by atoms with Crippen LogP contribution in [-0.2, 0) is 12.8 Å². The normalized spacial score (nSPS) is 16.8. The highest BCUT2D eigenvalue weighted by molar-refractivity contribution is 5.89. The Morgan fingerprint density at radius 3 is 2.96 bits per heavy atom. The number of fused-ring (bicyclic) bond motifs is 3. The Labute approximate surface area is 133 Å². The maximum atomic E-state index is 12.1. The number of aromatic amines is 1. The van der Waals surface area contributed by atoms with E-state index in [9.17, 15) is 4.79 Å². The molecular weight excluding hydrogens is 290 g/mol. The van der Waals surface area contributed by atoms with Crippen LogP contribution in [0.5, 0.6) is 0 Å². The van der Waals surface area contributed by atoms with Crippen LogP contribution in [0.15, 0.2) is 42.7 Å². The quantitative estimate of drug-likeness (QED) is 0.680. The monoisotopic (exact) mass is 307 g/mol. The van der Waals surface area contributed by atoms with Crippen LogP contribution in [0.3, 0.4) is 0 Å². The number of H-pyrrole nitrogens is 1. The third-order valence-corrected chi connectivity index (χ3v) is 4.26. The van der Waals surface area contributed by atoms with E-state index in [0.717, 1.165) is 36.0 Å². The van der Waals surface area contributed by atoms with Crippen molar-refractivity contribution in [2.45, 2.75) is 25.3 Å². The number of amides is 2. The summed E-state index contributed by atoms with van der Waals surface area (Å²) in [5.41, 5.74) is 4.11. The molecule has 3 aromatic rings. The van der Waals surface area contributed by atoms with E-state index in [-0.39, 0.29) is 12.1 Å². The fourth-order valence-electron chi connectivity index (χ4n) is 3.15. The third kappa shape index (κ3) is 2.75. The summed E-state index contributed by atoms with van der Waals surface area (Å²) < 4.78 is 0. The van der Waals surface area contributed by atoms with Gasteiger partial charge in [0.15, 0.2) is 5.65 Å². The van der Waals surface area contributed by atoms with Crippen LogP contribution in [0.4, 0.5) is 10.5 Å². The van der Waals surface area contributed by atoms with Gasteiger partial charge >= 0.3 is 6.03 Å². The zero-order valence-electron chi connectivity index (χ0n) is 12.5. The van der Waals surface area contributed by atoms with Gasteiger partial charge in [0.05, 0.1) is 6.20 Å². The second-order valence-electron chi connectivity index (χ2n) is 5.80. The first-order valence-electron chi connectivity index (χ1n) is 7.72. The number of hydrogen-bond donors (Lipinski definition) is 3. The number of aryl methyl sites for hydroxylation is 1. The van der Waals surface area contributed by atoms with Crippen LogP contribution in [0.1, 0.15) is 17.5 Å².